The number of aromatic nitrogens is 1. The van der Waals surface area contributed by atoms with Crippen molar-refractivity contribution in [3.05, 3.63) is 49.9 Å². The Morgan fingerprint density at radius 1 is 1.37 bits per heavy atom. The summed E-state index contributed by atoms with van der Waals surface area (Å²) in [5.41, 5.74) is 1.18. The minimum absolute atomic E-state index is 0.0194. The lowest BCUT2D eigenvalue weighted by molar-refractivity contribution is -0.137. The third kappa shape index (κ3) is 3.03. The Morgan fingerprint density at radius 3 is 2.58 bits per heavy atom. The molecule has 19 heavy (non-hydrogen) atoms. The van der Waals surface area contributed by atoms with E-state index >= 15 is 0 Å². The Morgan fingerprint density at radius 2 is 2.05 bits per heavy atom. The van der Waals surface area contributed by atoms with Crippen molar-refractivity contribution in [2.75, 3.05) is 0 Å². The molecule has 0 aliphatic carbocycles. The third-order valence-corrected chi connectivity index (χ3v) is 4.32. The molecule has 0 aliphatic rings. The quantitative estimate of drug-likeness (QED) is 0.749. The lowest BCUT2D eigenvalue weighted by atomic mass is 10.1. The van der Waals surface area contributed by atoms with Crippen LogP contribution in [0.4, 0.5) is 13.2 Å². The summed E-state index contributed by atoms with van der Waals surface area (Å²) < 4.78 is 38.1. The minimum atomic E-state index is -4.52. The molecule has 0 atom stereocenters. The lowest BCUT2D eigenvalue weighted by Crippen LogP contribution is -2.03. The van der Waals surface area contributed by atoms with E-state index in [9.17, 15) is 18.0 Å². The monoisotopic (exact) mass is 349 g/mol. The van der Waals surface area contributed by atoms with Crippen LogP contribution in [0.15, 0.2) is 28.9 Å². The van der Waals surface area contributed by atoms with Gasteiger partial charge in [-0.15, -0.1) is 11.3 Å². The molecule has 0 fully saturated rings. The molecule has 0 saturated heterocycles. The van der Waals surface area contributed by atoms with Crippen LogP contribution in [0.3, 0.4) is 0 Å². The molecule has 1 aromatic heterocycles. The van der Waals surface area contributed by atoms with Crippen LogP contribution < -0.4 is 0 Å². The molecule has 0 unspecified atom stereocenters. The van der Waals surface area contributed by atoms with Gasteiger partial charge in [0, 0.05) is 16.2 Å². The molecule has 0 aliphatic heterocycles. The number of carbonyl (C=O) groups excluding carboxylic acids is 1. The van der Waals surface area contributed by atoms with Crippen LogP contribution in [0.5, 0.6) is 0 Å². The Kier molecular flexibility index (Phi) is 3.78. The maximum Gasteiger partial charge on any atom is 0.443 e. The SMILES string of the molecule is Cc1cc(C(=O)c2cnc(C(F)(F)F)s2)ccc1Br. The number of rotatable bonds is 2. The normalized spacial score (nSPS) is 11.6. The molecule has 2 rings (SSSR count). The summed E-state index contributed by atoms with van der Waals surface area (Å²) in [6.45, 7) is 1.80. The molecule has 0 amide bonds. The van der Waals surface area contributed by atoms with Crippen molar-refractivity contribution in [3.63, 3.8) is 0 Å². The third-order valence-electron chi connectivity index (χ3n) is 2.39. The van der Waals surface area contributed by atoms with Crippen LogP contribution in [-0.2, 0) is 6.18 Å². The van der Waals surface area contributed by atoms with Gasteiger partial charge < -0.3 is 0 Å². The van der Waals surface area contributed by atoms with Crippen LogP contribution in [0.2, 0.25) is 0 Å². The number of hydrogen-bond donors (Lipinski definition) is 0. The number of nitrogens with zero attached hydrogens (tertiary/aromatic N) is 1. The first kappa shape index (κ1) is 14.2. The summed E-state index contributed by atoms with van der Waals surface area (Å²) in [6, 6.07) is 4.88. The van der Waals surface area contributed by atoms with Crippen LogP contribution in [-0.4, -0.2) is 10.8 Å². The van der Waals surface area contributed by atoms with Crippen molar-refractivity contribution >= 4 is 33.0 Å². The van der Waals surface area contributed by atoms with Gasteiger partial charge in [-0.2, -0.15) is 13.2 Å². The number of aryl methyl sites for hydroxylation is 1. The molecule has 1 aromatic carbocycles. The lowest BCUT2D eigenvalue weighted by Gasteiger charge is -2.02. The van der Waals surface area contributed by atoms with E-state index in [-0.39, 0.29) is 4.88 Å². The molecule has 0 saturated carbocycles. The number of halogens is 4. The number of benzene rings is 1. The second-order valence-electron chi connectivity index (χ2n) is 3.82. The highest BCUT2D eigenvalue weighted by Crippen LogP contribution is 2.33. The van der Waals surface area contributed by atoms with Crippen molar-refractivity contribution in [2.24, 2.45) is 0 Å². The van der Waals surface area contributed by atoms with E-state index in [4.69, 9.17) is 0 Å². The average Bonchev–Trinajstić information content (AvgIpc) is 2.81. The van der Waals surface area contributed by atoms with Crippen LogP contribution in [0, 0.1) is 6.92 Å². The molecular formula is C12H7BrF3NOS. The van der Waals surface area contributed by atoms with Gasteiger partial charge in [0.2, 0.25) is 5.78 Å². The average molecular weight is 350 g/mol. The number of ketones is 1. The Hall–Kier alpha value is -1.21. The first-order chi connectivity index (χ1) is 8.79. The van der Waals surface area contributed by atoms with Crippen LogP contribution >= 0.6 is 27.3 Å². The van der Waals surface area contributed by atoms with Crippen molar-refractivity contribution in [1.29, 1.82) is 0 Å². The summed E-state index contributed by atoms with van der Waals surface area (Å²) in [6.07, 6.45) is -3.55. The summed E-state index contributed by atoms with van der Waals surface area (Å²) in [5, 5.41) is -1.01. The van der Waals surface area contributed by atoms with Gasteiger partial charge in [0.05, 0.1) is 4.88 Å². The first-order valence-corrected chi connectivity index (χ1v) is 6.74. The van der Waals surface area contributed by atoms with E-state index in [1.807, 2.05) is 0 Å². The van der Waals surface area contributed by atoms with Crippen LogP contribution in [0.1, 0.15) is 25.8 Å². The van der Waals surface area contributed by atoms with Crippen LogP contribution in [0.25, 0.3) is 0 Å². The highest BCUT2D eigenvalue weighted by molar-refractivity contribution is 9.10. The van der Waals surface area contributed by atoms with E-state index < -0.39 is 17.0 Å². The number of alkyl halides is 3. The molecule has 2 aromatic rings. The molecule has 1 heterocycles. The summed E-state index contributed by atoms with van der Waals surface area (Å²) in [4.78, 5) is 15.3. The van der Waals surface area contributed by atoms with Crippen molar-refractivity contribution in [3.8, 4) is 0 Å². The fourth-order valence-electron chi connectivity index (χ4n) is 1.44. The molecule has 0 radical (unpaired) electrons. The van der Waals surface area contributed by atoms with Gasteiger partial charge >= 0.3 is 6.18 Å². The predicted octanol–water partition coefficient (Wildman–Crippen LogP) is 4.46. The summed E-state index contributed by atoms with van der Waals surface area (Å²) in [5.74, 6) is -0.455. The van der Waals surface area contributed by atoms with E-state index in [0.29, 0.717) is 16.9 Å². The number of hydrogen-bond acceptors (Lipinski definition) is 3. The van der Waals surface area contributed by atoms with E-state index in [1.165, 1.54) is 0 Å². The van der Waals surface area contributed by atoms with E-state index in [0.717, 1.165) is 16.2 Å². The first-order valence-electron chi connectivity index (χ1n) is 5.13. The van der Waals surface area contributed by atoms with Crippen molar-refractivity contribution in [1.82, 2.24) is 4.98 Å². The van der Waals surface area contributed by atoms with Crippen molar-refractivity contribution in [2.45, 2.75) is 13.1 Å². The zero-order chi connectivity index (χ0) is 14.2. The van der Waals surface area contributed by atoms with Gasteiger partial charge in [-0.1, -0.05) is 15.9 Å². The molecule has 0 spiro atoms. The summed E-state index contributed by atoms with van der Waals surface area (Å²) in [7, 11) is 0. The van der Waals surface area contributed by atoms with E-state index in [1.54, 1.807) is 25.1 Å². The highest BCUT2D eigenvalue weighted by atomic mass is 79.9. The smallest absolute Gasteiger partial charge is 0.288 e. The second-order valence-corrected chi connectivity index (χ2v) is 5.71. The topological polar surface area (TPSA) is 30.0 Å². The second kappa shape index (κ2) is 5.05. The van der Waals surface area contributed by atoms with Gasteiger partial charge in [0.1, 0.15) is 0 Å². The van der Waals surface area contributed by atoms with E-state index in [2.05, 4.69) is 20.9 Å². The number of thiazole rings is 1. The van der Waals surface area contributed by atoms with Gasteiger partial charge in [0.15, 0.2) is 5.01 Å². The Balaban J connectivity index is 2.34. The predicted molar refractivity (Wildman–Crippen MR) is 69.4 cm³/mol. The maximum atomic E-state index is 12.4. The molecule has 100 valence electrons. The highest BCUT2D eigenvalue weighted by Gasteiger charge is 2.35. The fourth-order valence-corrected chi connectivity index (χ4v) is 2.43. The van der Waals surface area contributed by atoms with Crippen molar-refractivity contribution < 1.29 is 18.0 Å². The van der Waals surface area contributed by atoms with Gasteiger partial charge in [-0.05, 0) is 30.7 Å². The molecular weight excluding hydrogens is 343 g/mol. The number of carbonyl (C=O) groups is 1. The molecule has 0 bridgehead atoms. The zero-order valence-electron chi connectivity index (χ0n) is 9.58. The Labute approximate surface area is 119 Å². The standard InChI is InChI=1S/C12H7BrF3NOS/c1-6-4-7(2-3-8(6)13)10(18)9-5-17-11(19-9)12(14,15)16/h2-5H,1H3. The Bertz CT molecular complexity index is 636. The maximum absolute atomic E-state index is 12.4. The largest absolute Gasteiger partial charge is 0.443 e. The minimum Gasteiger partial charge on any atom is -0.288 e. The fraction of sp³-hybridized carbons (Fsp3) is 0.167. The molecule has 2 nitrogen and oxygen atoms in total. The van der Waals surface area contributed by atoms with Gasteiger partial charge in [-0.3, -0.25) is 4.79 Å². The molecule has 7 heteroatoms. The van der Waals surface area contributed by atoms with Gasteiger partial charge in [0.25, 0.3) is 0 Å². The summed E-state index contributed by atoms with van der Waals surface area (Å²) >= 11 is 3.65. The molecule has 0 N–H and O–H groups in total. The van der Waals surface area contributed by atoms with Gasteiger partial charge in [-0.25, -0.2) is 4.98 Å². The zero-order valence-corrected chi connectivity index (χ0v) is 12.0.